The molecule has 0 bridgehead atoms. The summed E-state index contributed by atoms with van der Waals surface area (Å²) in [4.78, 5) is 21.4. The Labute approximate surface area is 168 Å². The Kier molecular flexibility index (Phi) is 6.11. The molecule has 1 aromatic heterocycles. The molecule has 0 fully saturated rings. The first-order valence-corrected chi connectivity index (χ1v) is 9.10. The zero-order valence-corrected chi connectivity index (χ0v) is 16.5. The Morgan fingerprint density at radius 2 is 1.68 bits per heavy atom. The van der Waals surface area contributed by atoms with Crippen LogP contribution in [0, 0.1) is 0 Å². The summed E-state index contributed by atoms with van der Waals surface area (Å²) >= 11 is 5.93. The molecule has 0 saturated heterocycles. The van der Waals surface area contributed by atoms with Gasteiger partial charge in [-0.15, -0.1) is 0 Å². The number of carbonyl (C=O) groups excluding carboxylic acids is 1. The van der Waals surface area contributed by atoms with Crippen LogP contribution in [-0.4, -0.2) is 29.0 Å². The number of nitrogens with zero attached hydrogens (tertiary/aromatic N) is 2. The number of benzene rings is 2. The van der Waals surface area contributed by atoms with Crippen LogP contribution >= 0.6 is 11.6 Å². The smallest absolute Gasteiger partial charge is 0.258 e. The van der Waals surface area contributed by atoms with Crippen LogP contribution in [0.5, 0.6) is 17.4 Å². The van der Waals surface area contributed by atoms with Crippen LogP contribution in [-0.2, 0) is 0 Å². The fourth-order valence-electron chi connectivity index (χ4n) is 2.43. The number of hydrogen-bond acceptors (Lipinski definition) is 5. The van der Waals surface area contributed by atoms with Crippen LogP contribution in [0.3, 0.4) is 0 Å². The molecule has 144 valence electrons. The lowest BCUT2D eigenvalue weighted by molar-refractivity contribution is 0.0939. The van der Waals surface area contributed by atoms with Gasteiger partial charge >= 0.3 is 0 Å². The largest absolute Gasteiger partial charge is 0.497 e. The lowest BCUT2D eigenvalue weighted by Crippen LogP contribution is -2.30. The van der Waals surface area contributed by atoms with Gasteiger partial charge in [0.05, 0.1) is 7.11 Å². The molecule has 7 heteroatoms. The third-order valence-corrected chi connectivity index (χ3v) is 4.05. The number of nitrogens with one attached hydrogen (secondary N) is 1. The number of carbonyl (C=O) groups is 1. The van der Waals surface area contributed by atoms with E-state index in [-0.39, 0.29) is 23.4 Å². The second kappa shape index (κ2) is 8.71. The van der Waals surface area contributed by atoms with Gasteiger partial charge < -0.3 is 14.8 Å². The van der Waals surface area contributed by atoms with Crippen molar-refractivity contribution in [2.75, 3.05) is 7.11 Å². The average molecular weight is 398 g/mol. The number of hydrogen-bond donors (Lipinski definition) is 1. The van der Waals surface area contributed by atoms with E-state index in [0.29, 0.717) is 16.6 Å². The predicted molar refractivity (Wildman–Crippen MR) is 108 cm³/mol. The molecule has 0 saturated carbocycles. The van der Waals surface area contributed by atoms with Gasteiger partial charge in [0.1, 0.15) is 17.1 Å². The minimum absolute atomic E-state index is 0.0304. The van der Waals surface area contributed by atoms with Crippen molar-refractivity contribution in [1.29, 1.82) is 0 Å². The molecule has 28 heavy (non-hydrogen) atoms. The van der Waals surface area contributed by atoms with Crippen molar-refractivity contribution in [3.05, 3.63) is 65.3 Å². The molecule has 0 aliphatic heterocycles. The van der Waals surface area contributed by atoms with Crippen molar-refractivity contribution in [2.45, 2.75) is 19.9 Å². The molecular formula is C21H20ClN3O3. The molecule has 0 unspecified atom stereocenters. The molecule has 0 atom stereocenters. The highest BCUT2D eigenvalue weighted by Gasteiger charge is 2.18. The molecule has 0 radical (unpaired) electrons. The van der Waals surface area contributed by atoms with E-state index < -0.39 is 0 Å². The van der Waals surface area contributed by atoms with E-state index in [2.05, 4.69) is 15.3 Å². The summed E-state index contributed by atoms with van der Waals surface area (Å²) in [6.45, 7) is 3.76. The van der Waals surface area contributed by atoms with Crippen molar-refractivity contribution in [3.8, 4) is 28.8 Å². The summed E-state index contributed by atoms with van der Waals surface area (Å²) in [7, 11) is 1.60. The van der Waals surface area contributed by atoms with Gasteiger partial charge in [0.25, 0.3) is 5.91 Å². The van der Waals surface area contributed by atoms with E-state index in [1.807, 2.05) is 38.1 Å². The molecular weight excluding hydrogens is 378 g/mol. The average Bonchev–Trinajstić information content (AvgIpc) is 2.69. The fraction of sp³-hybridized carbons (Fsp3) is 0.190. The Morgan fingerprint density at radius 1 is 1.04 bits per heavy atom. The van der Waals surface area contributed by atoms with Gasteiger partial charge in [-0.25, -0.2) is 4.98 Å². The van der Waals surface area contributed by atoms with Crippen LogP contribution in [0.4, 0.5) is 0 Å². The summed E-state index contributed by atoms with van der Waals surface area (Å²) in [6.07, 6.45) is 1.47. The molecule has 0 aliphatic rings. The fourth-order valence-corrected chi connectivity index (χ4v) is 2.56. The second-order valence-corrected chi connectivity index (χ2v) is 6.76. The summed E-state index contributed by atoms with van der Waals surface area (Å²) in [5.41, 5.74) is 1.03. The van der Waals surface area contributed by atoms with Crippen molar-refractivity contribution in [2.24, 2.45) is 0 Å². The van der Waals surface area contributed by atoms with Gasteiger partial charge in [-0.05, 0) is 62.4 Å². The molecule has 3 aromatic rings. The zero-order chi connectivity index (χ0) is 20.1. The third-order valence-electron chi connectivity index (χ3n) is 3.79. The van der Waals surface area contributed by atoms with E-state index in [4.69, 9.17) is 21.1 Å². The highest BCUT2D eigenvalue weighted by Crippen LogP contribution is 2.27. The van der Waals surface area contributed by atoms with Crippen LogP contribution in [0.15, 0.2) is 54.7 Å². The van der Waals surface area contributed by atoms with Gasteiger partial charge in [-0.2, -0.15) is 4.98 Å². The van der Waals surface area contributed by atoms with Gasteiger partial charge in [-0.3, -0.25) is 4.79 Å². The molecule has 1 heterocycles. The van der Waals surface area contributed by atoms with Crippen LogP contribution in [0.25, 0.3) is 11.4 Å². The predicted octanol–water partition coefficient (Wildman–Crippen LogP) is 4.74. The maximum atomic E-state index is 12.5. The van der Waals surface area contributed by atoms with E-state index >= 15 is 0 Å². The van der Waals surface area contributed by atoms with Gasteiger partial charge in [0.15, 0.2) is 5.82 Å². The van der Waals surface area contributed by atoms with Gasteiger partial charge in [0.2, 0.25) is 5.88 Å². The topological polar surface area (TPSA) is 73.3 Å². The first kappa shape index (κ1) is 19.6. The van der Waals surface area contributed by atoms with Crippen molar-refractivity contribution < 1.29 is 14.3 Å². The minimum atomic E-state index is -0.305. The number of amides is 1. The normalized spacial score (nSPS) is 10.6. The summed E-state index contributed by atoms with van der Waals surface area (Å²) in [5.74, 6) is 1.55. The second-order valence-electron chi connectivity index (χ2n) is 6.33. The van der Waals surface area contributed by atoms with Gasteiger partial charge in [0, 0.05) is 22.8 Å². The SMILES string of the molecule is COc1ccc(-c2ncc(C(=O)NC(C)C)c(Oc3ccc(Cl)cc3)n2)cc1. The number of rotatable bonds is 6. The molecule has 6 nitrogen and oxygen atoms in total. The summed E-state index contributed by atoms with van der Waals surface area (Å²) in [6, 6.07) is 14.1. The summed E-state index contributed by atoms with van der Waals surface area (Å²) in [5, 5.41) is 3.42. The maximum Gasteiger partial charge on any atom is 0.258 e. The van der Waals surface area contributed by atoms with Crippen LogP contribution in [0.2, 0.25) is 5.02 Å². The summed E-state index contributed by atoms with van der Waals surface area (Å²) < 4.78 is 11.1. The Bertz CT molecular complexity index is 958. The van der Waals surface area contributed by atoms with Crippen LogP contribution in [0.1, 0.15) is 24.2 Å². The molecule has 3 rings (SSSR count). The van der Waals surface area contributed by atoms with Crippen molar-refractivity contribution in [1.82, 2.24) is 15.3 Å². The van der Waals surface area contributed by atoms with Crippen molar-refractivity contribution >= 4 is 17.5 Å². The van der Waals surface area contributed by atoms with Gasteiger partial charge in [-0.1, -0.05) is 11.6 Å². The van der Waals surface area contributed by atoms with Crippen molar-refractivity contribution in [3.63, 3.8) is 0 Å². The first-order chi connectivity index (χ1) is 13.5. The lowest BCUT2D eigenvalue weighted by Gasteiger charge is -2.13. The first-order valence-electron chi connectivity index (χ1n) is 8.72. The van der Waals surface area contributed by atoms with E-state index in [1.54, 1.807) is 31.4 Å². The van der Waals surface area contributed by atoms with E-state index in [9.17, 15) is 4.79 Å². The van der Waals surface area contributed by atoms with E-state index in [1.165, 1.54) is 6.20 Å². The zero-order valence-electron chi connectivity index (χ0n) is 15.8. The quantitative estimate of drug-likeness (QED) is 0.650. The molecule has 0 spiro atoms. The Balaban J connectivity index is 1.99. The molecule has 1 N–H and O–H groups in total. The standard InChI is InChI=1S/C21H20ClN3O3/c1-13(2)24-20(26)18-12-23-19(14-4-8-16(27-3)9-5-14)25-21(18)28-17-10-6-15(22)7-11-17/h4-13H,1-3H3,(H,24,26). The number of aromatic nitrogens is 2. The van der Waals surface area contributed by atoms with Crippen LogP contribution < -0.4 is 14.8 Å². The lowest BCUT2D eigenvalue weighted by atomic mass is 10.2. The maximum absolute atomic E-state index is 12.5. The van der Waals surface area contributed by atoms with E-state index in [0.717, 1.165) is 11.3 Å². The molecule has 2 aromatic carbocycles. The number of ether oxygens (including phenoxy) is 2. The Hall–Kier alpha value is -3.12. The Morgan fingerprint density at radius 3 is 2.29 bits per heavy atom. The highest BCUT2D eigenvalue weighted by atomic mass is 35.5. The molecule has 0 aliphatic carbocycles. The third kappa shape index (κ3) is 4.78. The number of methoxy groups -OCH3 is 1. The monoisotopic (exact) mass is 397 g/mol. The number of halogens is 1. The minimum Gasteiger partial charge on any atom is -0.497 e. The molecule has 1 amide bonds. The highest BCUT2D eigenvalue weighted by molar-refractivity contribution is 6.30.